The topological polar surface area (TPSA) is 153 Å². The van der Waals surface area contributed by atoms with Gasteiger partial charge >= 0.3 is 0 Å². The molecule has 2 unspecified atom stereocenters. The number of methoxy groups -OCH3 is 1. The van der Waals surface area contributed by atoms with Crippen molar-refractivity contribution in [2.24, 2.45) is 17.4 Å². The maximum atomic E-state index is 12.5. The van der Waals surface area contributed by atoms with Crippen molar-refractivity contribution in [2.45, 2.75) is 25.9 Å². The predicted octanol–water partition coefficient (Wildman–Crippen LogP) is 1.66. The van der Waals surface area contributed by atoms with Crippen LogP contribution >= 0.6 is 0 Å². The molecule has 0 saturated carbocycles. The Kier molecular flexibility index (Phi) is 8.26. The van der Waals surface area contributed by atoms with Crippen LogP contribution in [-0.4, -0.2) is 43.9 Å². The van der Waals surface area contributed by atoms with Crippen molar-refractivity contribution in [3.8, 4) is 5.75 Å². The minimum absolute atomic E-state index is 0.0325. The highest BCUT2D eigenvalue weighted by atomic mass is 16.5. The predicted molar refractivity (Wildman–Crippen MR) is 129 cm³/mol. The quantitative estimate of drug-likeness (QED) is 0.280. The fourth-order valence-electron chi connectivity index (χ4n) is 3.80. The van der Waals surface area contributed by atoms with Gasteiger partial charge in [-0.05, 0) is 30.0 Å². The van der Waals surface area contributed by atoms with Crippen LogP contribution in [0.2, 0.25) is 0 Å². The van der Waals surface area contributed by atoms with Gasteiger partial charge in [0.05, 0.1) is 25.0 Å². The van der Waals surface area contributed by atoms with Crippen LogP contribution in [0.4, 0.5) is 0 Å². The van der Waals surface area contributed by atoms with Crippen molar-refractivity contribution in [1.82, 2.24) is 10.6 Å². The van der Waals surface area contributed by atoms with E-state index in [0.29, 0.717) is 30.1 Å². The number of amides is 2. The summed E-state index contributed by atoms with van der Waals surface area (Å²) in [6.07, 6.45) is 0.747. The van der Waals surface area contributed by atoms with Gasteiger partial charge in [0.2, 0.25) is 0 Å². The number of hydrogen-bond acceptors (Lipinski definition) is 7. The zero-order chi connectivity index (χ0) is 24.7. The number of nitrogens with one attached hydrogen (secondary N) is 3. The van der Waals surface area contributed by atoms with E-state index < -0.39 is 5.91 Å². The van der Waals surface area contributed by atoms with Crippen LogP contribution in [0.25, 0.3) is 0 Å². The molecule has 9 nitrogen and oxygen atoms in total. The second-order valence-electron chi connectivity index (χ2n) is 8.20. The van der Waals surface area contributed by atoms with Gasteiger partial charge in [0, 0.05) is 24.8 Å². The average molecular weight is 466 g/mol. The molecule has 1 saturated heterocycles. The summed E-state index contributed by atoms with van der Waals surface area (Å²) in [6, 6.07) is 13.9. The van der Waals surface area contributed by atoms with Gasteiger partial charge in [-0.3, -0.25) is 15.0 Å². The summed E-state index contributed by atoms with van der Waals surface area (Å²) in [7, 11) is 1.51. The standard InChI is InChI=1S/C25H31N5O4/c1-15-14-34-12-11-19(15)30-23(27)21(24(28)31)22(26)17-9-7-16(8-10-17)13-29-25(32)18-5-3-4-6-20(18)33-2/h3-10,15,19,26,30H,11-14,27H2,1-2H3,(H2,28,31)(H,29,32)/b23-21+,26-22?. The average Bonchev–Trinajstić information content (AvgIpc) is 2.84. The fourth-order valence-corrected chi connectivity index (χ4v) is 3.80. The molecular formula is C25H31N5O4. The number of benzene rings is 2. The lowest BCUT2D eigenvalue weighted by molar-refractivity contribution is -0.114. The second-order valence-corrected chi connectivity index (χ2v) is 8.20. The molecule has 1 aliphatic rings. The van der Waals surface area contributed by atoms with E-state index in [1.54, 1.807) is 48.5 Å². The molecule has 9 heteroatoms. The highest BCUT2D eigenvalue weighted by Crippen LogP contribution is 2.18. The maximum Gasteiger partial charge on any atom is 0.255 e. The number of nitrogens with two attached hydrogens (primary N) is 2. The molecule has 1 aliphatic heterocycles. The van der Waals surface area contributed by atoms with Gasteiger partial charge in [-0.15, -0.1) is 0 Å². The monoisotopic (exact) mass is 465 g/mol. The molecule has 2 aromatic rings. The maximum absolute atomic E-state index is 12.5. The molecule has 34 heavy (non-hydrogen) atoms. The van der Waals surface area contributed by atoms with Gasteiger partial charge in [0.15, 0.2) is 0 Å². The largest absolute Gasteiger partial charge is 0.496 e. The lowest BCUT2D eigenvalue weighted by atomic mass is 9.96. The Morgan fingerprint density at radius 3 is 2.50 bits per heavy atom. The van der Waals surface area contributed by atoms with E-state index in [1.807, 2.05) is 6.92 Å². The van der Waals surface area contributed by atoms with Crippen LogP contribution in [0.15, 0.2) is 59.9 Å². The molecule has 180 valence electrons. The fraction of sp³-hybridized carbons (Fsp3) is 0.320. The summed E-state index contributed by atoms with van der Waals surface area (Å²) in [4.78, 5) is 24.6. The summed E-state index contributed by atoms with van der Waals surface area (Å²) in [5.74, 6) is -0.237. The number of para-hydroxylation sites is 1. The first-order chi connectivity index (χ1) is 16.3. The van der Waals surface area contributed by atoms with Crippen LogP contribution in [0.3, 0.4) is 0 Å². The Balaban J connectivity index is 1.68. The van der Waals surface area contributed by atoms with Crippen LogP contribution in [0.1, 0.15) is 34.8 Å². The lowest BCUT2D eigenvalue weighted by Gasteiger charge is -2.31. The number of rotatable bonds is 9. The van der Waals surface area contributed by atoms with Crippen molar-refractivity contribution in [1.29, 1.82) is 5.41 Å². The Labute approximate surface area is 199 Å². The molecule has 2 amide bonds. The van der Waals surface area contributed by atoms with Gasteiger partial charge in [-0.2, -0.15) is 0 Å². The zero-order valence-corrected chi connectivity index (χ0v) is 19.4. The number of hydrogen-bond donors (Lipinski definition) is 5. The van der Waals surface area contributed by atoms with E-state index in [2.05, 4.69) is 10.6 Å². The molecule has 0 aromatic heterocycles. The molecule has 7 N–H and O–H groups in total. The second kappa shape index (κ2) is 11.3. The van der Waals surface area contributed by atoms with Crippen molar-refractivity contribution < 1.29 is 19.1 Å². The van der Waals surface area contributed by atoms with Gasteiger partial charge in [-0.25, -0.2) is 0 Å². The first-order valence-corrected chi connectivity index (χ1v) is 11.0. The van der Waals surface area contributed by atoms with Crippen molar-refractivity contribution >= 4 is 17.5 Å². The van der Waals surface area contributed by atoms with E-state index in [9.17, 15) is 9.59 Å². The van der Waals surface area contributed by atoms with Crippen LogP contribution in [0.5, 0.6) is 5.75 Å². The third kappa shape index (κ3) is 5.93. The molecule has 0 bridgehead atoms. The molecule has 0 radical (unpaired) electrons. The van der Waals surface area contributed by atoms with E-state index >= 15 is 0 Å². The minimum Gasteiger partial charge on any atom is -0.496 e. The van der Waals surface area contributed by atoms with Gasteiger partial charge < -0.3 is 31.6 Å². The lowest BCUT2D eigenvalue weighted by Crippen LogP contribution is -2.44. The Bertz CT molecular complexity index is 1080. The third-order valence-corrected chi connectivity index (χ3v) is 5.79. The molecule has 0 spiro atoms. The number of ether oxygens (including phenoxy) is 2. The van der Waals surface area contributed by atoms with E-state index in [-0.39, 0.29) is 41.5 Å². The Hall–Kier alpha value is -3.85. The highest BCUT2D eigenvalue weighted by molar-refractivity contribution is 6.26. The van der Waals surface area contributed by atoms with Crippen molar-refractivity contribution in [3.05, 3.63) is 76.6 Å². The number of primary amides is 1. The molecular weight excluding hydrogens is 434 g/mol. The minimum atomic E-state index is -0.775. The van der Waals surface area contributed by atoms with Crippen molar-refractivity contribution in [3.63, 3.8) is 0 Å². The molecule has 3 rings (SSSR count). The Morgan fingerprint density at radius 1 is 1.15 bits per heavy atom. The van der Waals surface area contributed by atoms with Gasteiger partial charge in [-0.1, -0.05) is 43.3 Å². The summed E-state index contributed by atoms with van der Waals surface area (Å²) in [6.45, 7) is 3.52. The van der Waals surface area contributed by atoms with E-state index in [4.69, 9.17) is 26.4 Å². The number of carbonyl (C=O) groups is 2. The van der Waals surface area contributed by atoms with Crippen LogP contribution in [-0.2, 0) is 16.1 Å². The normalized spacial score (nSPS) is 18.4. The summed E-state index contributed by atoms with van der Waals surface area (Å²) in [5.41, 5.74) is 13.4. The number of carbonyl (C=O) groups excluding carboxylic acids is 2. The summed E-state index contributed by atoms with van der Waals surface area (Å²) < 4.78 is 10.7. The van der Waals surface area contributed by atoms with Gasteiger partial charge in [0.25, 0.3) is 11.8 Å². The molecule has 0 aliphatic carbocycles. The summed E-state index contributed by atoms with van der Waals surface area (Å²) in [5, 5.41) is 14.5. The van der Waals surface area contributed by atoms with Crippen LogP contribution < -0.4 is 26.8 Å². The van der Waals surface area contributed by atoms with E-state index in [1.165, 1.54) is 7.11 Å². The van der Waals surface area contributed by atoms with Crippen molar-refractivity contribution in [2.75, 3.05) is 20.3 Å². The zero-order valence-electron chi connectivity index (χ0n) is 19.4. The summed E-state index contributed by atoms with van der Waals surface area (Å²) >= 11 is 0. The highest BCUT2D eigenvalue weighted by Gasteiger charge is 2.25. The molecule has 2 aromatic carbocycles. The van der Waals surface area contributed by atoms with Crippen LogP contribution in [0, 0.1) is 11.3 Å². The first kappa shape index (κ1) is 24.8. The smallest absolute Gasteiger partial charge is 0.255 e. The van der Waals surface area contributed by atoms with E-state index in [0.717, 1.165) is 12.0 Å². The molecule has 1 heterocycles. The molecule has 2 atom stereocenters. The first-order valence-electron chi connectivity index (χ1n) is 11.0. The molecule has 1 fully saturated rings. The Morgan fingerprint density at radius 2 is 1.85 bits per heavy atom. The van der Waals surface area contributed by atoms with Gasteiger partial charge in [0.1, 0.15) is 17.1 Å². The third-order valence-electron chi connectivity index (χ3n) is 5.79. The SMILES string of the molecule is COc1ccccc1C(=O)NCc1ccc(C(=N)/C(C(N)=O)=C(/N)NC2CCOCC2C)cc1.